The lowest BCUT2D eigenvalue weighted by Crippen LogP contribution is -2.47. The molecule has 8 heterocycles. The van der Waals surface area contributed by atoms with Crippen molar-refractivity contribution in [2.75, 3.05) is 62.4 Å². The smallest absolute Gasteiger partial charge is 0.405 e. The number of fused-ring (bicyclic) bond motifs is 2. The van der Waals surface area contributed by atoms with Gasteiger partial charge in [0.2, 0.25) is 0 Å². The highest BCUT2D eigenvalue weighted by Gasteiger charge is 2.51. The second kappa shape index (κ2) is 22.6. The molecule has 4 amide bonds. The predicted molar refractivity (Wildman–Crippen MR) is 299 cm³/mol. The standard InChI is InChI=1S/C61H72F2N10O8/c1-35-30-51(40-12-14-45-47(31-40)68-55(66-45)49-10-6-22-71(49)57(74)53(80-59(64)76)38-18-26-78-27-19-38)73(42-33-43(62)52(44(63)34-42)70-24-16-37(17-25-70)36-8-4-3-5-9-36)61(35,2)41-13-15-46-48(32-41)69-56(67-46)50-11-7-23-72(50)58(75)54(81-60(65)77)39-20-28-79-29-21-39/h3-5,8-9,12-15,31-35,37-39,49-51,53-54H,6-7,10-11,16-30H2,1-2H3,(H2,64,76)(H2,65,77)(H,66,68)(H,67,69)/t35?,49-,50-,51?,53-,54-,61+/m0/s1. The Morgan fingerprint density at radius 2 is 1.16 bits per heavy atom. The van der Waals surface area contributed by atoms with E-state index in [0.717, 1.165) is 47.8 Å². The van der Waals surface area contributed by atoms with Crippen LogP contribution < -0.4 is 21.3 Å². The summed E-state index contributed by atoms with van der Waals surface area (Å²) in [6.45, 7) is 8.13. The Bertz CT molecular complexity index is 3280. The van der Waals surface area contributed by atoms with Crippen molar-refractivity contribution >= 4 is 57.4 Å². The maximum absolute atomic E-state index is 17.1. The maximum Gasteiger partial charge on any atom is 0.405 e. The summed E-state index contributed by atoms with van der Waals surface area (Å²) in [5.41, 5.74) is 16.5. The zero-order valence-electron chi connectivity index (χ0n) is 46.0. The molecule has 18 nitrogen and oxygen atoms in total. The minimum Gasteiger partial charge on any atom is -0.436 e. The van der Waals surface area contributed by atoms with Crippen molar-refractivity contribution in [3.05, 3.63) is 119 Å². The van der Waals surface area contributed by atoms with Crippen molar-refractivity contribution in [3.63, 3.8) is 0 Å². The molecule has 81 heavy (non-hydrogen) atoms. The third-order valence-corrected chi connectivity index (χ3v) is 18.8. The lowest BCUT2D eigenvalue weighted by atomic mass is 9.81. The van der Waals surface area contributed by atoms with Crippen molar-refractivity contribution in [1.82, 2.24) is 29.7 Å². The molecule has 6 aliphatic heterocycles. The van der Waals surface area contributed by atoms with Crippen LogP contribution in [0.1, 0.15) is 137 Å². The Morgan fingerprint density at radius 3 is 1.69 bits per heavy atom. The summed E-state index contributed by atoms with van der Waals surface area (Å²) in [4.78, 5) is 77.6. The number of nitrogens with two attached hydrogens (primary N) is 2. The van der Waals surface area contributed by atoms with Gasteiger partial charge < -0.3 is 60.0 Å². The first-order valence-electron chi connectivity index (χ1n) is 29.0. The van der Waals surface area contributed by atoms with Gasteiger partial charge in [-0.1, -0.05) is 49.4 Å². The molecule has 6 saturated heterocycles. The van der Waals surface area contributed by atoms with Crippen LogP contribution in [0.15, 0.2) is 78.9 Å². The third kappa shape index (κ3) is 10.4. The van der Waals surface area contributed by atoms with Crippen molar-refractivity contribution in [3.8, 4) is 0 Å². The van der Waals surface area contributed by atoms with E-state index in [1.807, 2.05) is 47.4 Å². The Kier molecular flexibility index (Phi) is 15.1. The maximum atomic E-state index is 17.1. The molecule has 428 valence electrons. The van der Waals surface area contributed by atoms with E-state index in [9.17, 15) is 19.2 Å². The van der Waals surface area contributed by atoms with E-state index in [0.29, 0.717) is 132 Å². The van der Waals surface area contributed by atoms with Gasteiger partial charge in [0, 0.05) is 70.1 Å². The normalized spacial score (nSPS) is 25.0. The molecular weight excluding hydrogens is 1040 g/mol. The third-order valence-electron chi connectivity index (χ3n) is 18.8. The van der Waals surface area contributed by atoms with Crippen LogP contribution in [-0.2, 0) is 34.1 Å². The topological polar surface area (TPSA) is 228 Å². The van der Waals surface area contributed by atoms with Crippen LogP contribution in [0.2, 0.25) is 0 Å². The van der Waals surface area contributed by atoms with E-state index in [4.69, 9.17) is 40.4 Å². The molecule has 2 unspecified atom stereocenters. The number of rotatable bonds is 13. The molecule has 6 fully saturated rings. The van der Waals surface area contributed by atoms with E-state index >= 15 is 8.78 Å². The first-order chi connectivity index (χ1) is 39.2. The Labute approximate surface area is 469 Å². The molecule has 7 atom stereocenters. The fourth-order valence-corrected chi connectivity index (χ4v) is 14.4. The highest BCUT2D eigenvalue weighted by molar-refractivity contribution is 5.86. The summed E-state index contributed by atoms with van der Waals surface area (Å²) in [5, 5.41) is 0. The average molecular weight is 1110 g/mol. The van der Waals surface area contributed by atoms with Gasteiger partial charge in [-0.2, -0.15) is 0 Å². The first-order valence-corrected chi connectivity index (χ1v) is 29.0. The first kappa shape index (κ1) is 54.3. The van der Waals surface area contributed by atoms with Crippen LogP contribution in [0.5, 0.6) is 0 Å². The van der Waals surface area contributed by atoms with E-state index in [1.54, 1.807) is 9.80 Å². The average Bonchev–Trinajstić information content (AvgIpc) is 4.40. The lowest BCUT2D eigenvalue weighted by Gasteiger charge is -2.43. The number of halogens is 2. The molecule has 0 saturated carbocycles. The van der Waals surface area contributed by atoms with Crippen molar-refractivity contribution in [2.24, 2.45) is 29.2 Å². The van der Waals surface area contributed by atoms with Gasteiger partial charge in [0.1, 0.15) is 17.3 Å². The van der Waals surface area contributed by atoms with Gasteiger partial charge >= 0.3 is 12.2 Å². The molecule has 6 aliphatic rings. The number of carbonyl (C=O) groups excluding carboxylic acids is 4. The molecule has 6 aromatic rings. The van der Waals surface area contributed by atoms with Crippen LogP contribution in [0.4, 0.5) is 29.7 Å². The number of nitrogens with zero attached hydrogens (tertiary/aromatic N) is 6. The second-order valence-electron chi connectivity index (χ2n) is 23.3. The molecule has 4 aromatic carbocycles. The SMILES string of the molecule is CC1CC(c2ccc3nc([C@@H]4CCCN4C(=O)[C@@H](OC(N)=O)C4CCOCC4)[nH]c3c2)N(c2cc(F)c(N3CCC(c4ccccc4)CC3)c(F)c2)[C@@]1(C)c1ccc2nc([C@@H]3CCCN3C(=O)[C@@H](OC(N)=O)C3CCOCC3)[nH]c2c1. The molecular formula is C61H72F2N10O8. The number of aromatic nitrogens is 4. The van der Waals surface area contributed by atoms with Crippen LogP contribution in [0.25, 0.3) is 22.1 Å². The van der Waals surface area contributed by atoms with E-state index < -0.39 is 53.7 Å². The number of aromatic amines is 2. The molecule has 20 heteroatoms. The van der Waals surface area contributed by atoms with E-state index in [2.05, 4.69) is 53.0 Å². The van der Waals surface area contributed by atoms with Gasteiger partial charge in [-0.05, 0) is 142 Å². The van der Waals surface area contributed by atoms with E-state index in [-0.39, 0.29) is 41.3 Å². The Hall–Kier alpha value is -7.32. The second-order valence-corrected chi connectivity index (χ2v) is 23.3. The molecule has 6 N–H and O–H groups in total. The monoisotopic (exact) mass is 1110 g/mol. The van der Waals surface area contributed by atoms with Crippen LogP contribution >= 0.6 is 0 Å². The van der Waals surface area contributed by atoms with Crippen LogP contribution in [0, 0.1) is 29.4 Å². The van der Waals surface area contributed by atoms with Gasteiger partial charge in [-0.15, -0.1) is 0 Å². The highest BCUT2D eigenvalue weighted by Crippen LogP contribution is 2.55. The number of piperidine rings is 1. The van der Waals surface area contributed by atoms with Gasteiger partial charge in [0.15, 0.2) is 23.8 Å². The fourth-order valence-electron chi connectivity index (χ4n) is 14.4. The summed E-state index contributed by atoms with van der Waals surface area (Å²) in [6, 6.07) is 24.2. The molecule has 0 radical (unpaired) electrons. The molecule has 12 rings (SSSR count). The Balaban J connectivity index is 0.876. The van der Waals surface area contributed by atoms with Crippen molar-refractivity contribution in [2.45, 2.75) is 126 Å². The minimum atomic E-state index is -1.03. The summed E-state index contributed by atoms with van der Waals surface area (Å²) in [5.74, 6) is -0.831. The predicted octanol–water partition coefficient (Wildman–Crippen LogP) is 9.71. The van der Waals surface area contributed by atoms with E-state index in [1.165, 1.54) is 17.7 Å². The number of likely N-dealkylation sites (tertiary alicyclic amines) is 2. The van der Waals surface area contributed by atoms with Gasteiger partial charge in [0.05, 0.1) is 45.7 Å². The van der Waals surface area contributed by atoms with Gasteiger partial charge in [-0.25, -0.2) is 28.3 Å². The number of anilines is 2. The summed E-state index contributed by atoms with van der Waals surface area (Å²) in [7, 11) is 0. The molecule has 0 bridgehead atoms. The number of ether oxygens (including phenoxy) is 4. The zero-order chi connectivity index (χ0) is 56.1. The lowest BCUT2D eigenvalue weighted by molar-refractivity contribution is -0.146. The fraction of sp³-hybridized carbons (Fsp3) is 0.508. The largest absolute Gasteiger partial charge is 0.436 e. The summed E-state index contributed by atoms with van der Waals surface area (Å²) < 4.78 is 56.4. The van der Waals surface area contributed by atoms with Crippen LogP contribution in [-0.4, -0.2) is 119 Å². The molecule has 0 aliphatic carbocycles. The zero-order valence-corrected chi connectivity index (χ0v) is 46.0. The number of hydrogen-bond acceptors (Lipinski definition) is 12. The molecule has 2 aromatic heterocycles. The number of amides is 4. The summed E-state index contributed by atoms with van der Waals surface area (Å²) >= 11 is 0. The van der Waals surface area contributed by atoms with Crippen molar-refractivity contribution < 1.29 is 46.9 Å². The minimum absolute atomic E-state index is 0.0204. The number of benzene rings is 4. The van der Waals surface area contributed by atoms with Crippen LogP contribution in [0.3, 0.4) is 0 Å². The number of carbonyl (C=O) groups is 4. The van der Waals surface area contributed by atoms with Gasteiger partial charge in [-0.3, -0.25) is 9.59 Å². The number of imidazole rings is 2. The number of hydrogen-bond donors (Lipinski definition) is 4. The van der Waals surface area contributed by atoms with Crippen molar-refractivity contribution in [1.29, 1.82) is 0 Å². The number of primary amides is 2. The summed E-state index contributed by atoms with van der Waals surface area (Å²) in [6.07, 6.45) is 3.16. The van der Waals surface area contributed by atoms with Gasteiger partial charge in [0.25, 0.3) is 11.8 Å². The Morgan fingerprint density at radius 1 is 0.642 bits per heavy atom. The quantitative estimate of drug-likeness (QED) is 0.0848. The number of H-pyrrole nitrogens is 2. The highest BCUT2D eigenvalue weighted by atomic mass is 19.1. The number of nitrogens with one attached hydrogen (secondary N) is 2. The molecule has 0 spiro atoms.